The fraction of sp³-hybridized carbons (Fsp3) is 0.426. The van der Waals surface area contributed by atoms with Crippen molar-refractivity contribution in [3.8, 4) is 28.7 Å². The summed E-state index contributed by atoms with van der Waals surface area (Å²) < 4.78 is 109. The summed E-state index contributed by atoms with van der Waals surface area (Å²) in [7, 11) is 0. The molecule has 0 radical (unpaired) electrons. The van der Waals surface area contributed by atoms with Crippen molar-refractivity contribution in [3.63, 3.8) is 0 Å². The predicted molar refractivity (Wildman–Crippen MR) is 301 cm³/mol. The average molecular weight is 1120 g/mol. The summed E-state index contributed by atoms with van der Waals surface area (Å²) in [4.78, 5) is 59.4. The first-order valence-electron chi connectivity index (χ1n) is 28.8. The van der Waals surface area contributed by atoms with Crippen LogP contribution < -0.4 is 50.7 Å². The van der Waals surface area contributed by atoms with Crippen LogP contribution in [0.5, 0.6) is 28.7 Å². The number of hydrogen-bond donors (Lipinski definition) is 5. The van der Waals surface area contributed by atoms with Gasteiger partial charge >= 0.3 is 13.2 Å². The maximum atomic E-state index is 12.3. The van der Waals surface area contributed by atoms with Gasteiger partial charge in [-0.25, -0.2) is 0 Å². The zero-order valence-corrected chi connectivity index (χ0v) is 46.3. The molecule has 0 unspecified atom stereocenters. The molecular formula is C61H79F4N5O10. The van der Waals surface area contributed by atoms with Crippen LogP contribution in [0.2, 0.25) is 0 Å². The van der Waals surface area contributed by atoms with E-state index in [2.05, 4.69) is 30.7 Å². The lowest BCUT2D eigenvalue weighted by atomic mass is 10.1. The van der Waals surface area contributed by atoms with Crippen molar-refractivity contribution in [3.05, 3.63) is 149 Å². The monoisotopic (exact) mass is 1120 g/mol. The number of halogens is 4. The van der Waals surface area contributed by atoms with E-state index >= 15 is 0 Å². The second-order valence-corrected chi connectivity index (χ2v) is 19.9. The number of amides is 5. The van der Waals surface area contributed by atoms with Gasteiger partial charge < -0.3 is 50.7 Å². The van der Waals surface area contributed by atoms with Crippen LogP contribution in [0, 0.1) is 0 Å². The number of ether oxygens (including phenoxy) is 5. The molecule has 436 valence electrons. The average Bonchev–Trinajstić information content (AvgIpc) is 3.59. The molecule has 80 heavy (non-hydrogen) atoms. The van der Waals surface area contributed by atoms with E-state index in [0.29, 0.717) is 48.4 Å². The van der Waals surface area contributed by atoms with Gasteiger partial charge in [-0.05, 0) is 195 Å². The number of unbranched alkanes of at least 4 members (excludes halogenated alkanes) is 8. The Balaban J connectivity index is 0.000000353. The van der Waals surface area contributed by atoms with E-state index in [-0.39, 0.29) is 57.6 Å². The first kappa shape index (κ1) is 58.3. The summed E-state index contributed by atoms with van der Waals surface area (Å²) >= 11 is 0. The third kappa shape index (κ3) is 29.2. The molecule has 0 aliphatic rings. The minimum absolute atomic E-state index is 0.00453. The molecule has 0 saturated heterocycles. The van der Waals surface area contributed by atoms with Crippen LogP contribution >= 0.6 is 0 Å². The lowest BCUT2D eigenvalue weighted by Crippen LogP contribution is -2.25. The van der Waals surface area contributed by atoms with Crippen LogP contribution in [0.3, 0.4) is 0 Å². The van der Waals surface area contributed by atoms with Gasteiger partial charge in [-0.2, -0.15) is 17.6 Å². The number of nitrogens with one attached hydrogen (secondary N) is 4. The fourth-order valence-electron chi connectivity index (χ4n) is 7.15. The zero-order valence-electron chi connectivity index (χ0n) is 51.3. The number of benzene rings is 5. The second kappa shape index (κ2) is 35.6. The first-order valence-corrected chi connectivity index (χ1v) is 26.3. The lowest BCUT2D eigenvalue weighted by molar-refractivity contribution is -0.0505. The zero-order chi connectivity index (χ0) is 63.2. The predicted octanol–water partition coefficient (Wildman–Crippen LogP) is 12.3. The molecule has 0 atom stereocenters. The molecule has 19 heteroatoms. The van der Waals surface area contributed by atoms with E-state index in [9.17, 15) is 41.5 Å². The number of alkyl halides is 4. The van der Waals surface area contributed by atoms with Crippen LogP contribution in [-0.2, 0) is 0 Å². The molecule has 0 saturated carbocycles. The number of rotatable bonds is 29. The molecule has 5 aromatic carbocycles. The molecule has 0 heterocycles. The first-order chi connectivity index (χ1) is 39.9. The van der Waals surface area contributed by atoms with Gasteiger partial charge in [0.25, 0.3) is 23.6 Å². The van der Waals surface area contributed by atoms with Gasteiger partial charge in [0.05, 0.1) is 9.30 Å². The molecule has 0 bridgehead atoms. The lowest BCUT2D eigenvalue weighted by Gasteiger charge is -2.21. The second-order valence-electron chi connectivity index (χ2n) is 19.9. The van der Waals surface area contributed by atoms with E-state index in [0.717, 1.165) is 75.7 Å². The number of primary amides is 1. The van der Waals surface area contributed by atoms with Gasteiger partial charge in [0.2, 0.25) is 5.91 Å². The Labute approximate surface area is 475 Å². The molecule has 15 nitrogen and oxygen atoms in total. The molecule has 0 aliphatic heterocycles. The van der Waals surface area contributed by atoms with Gasteiger partial charge in [-0.3, -0.25) is 24.0 Å². The summed E-state index contributed by atoms with van der Waals surface area (Å²) in [5, 5.41) is 11.5. The minimum Gasteiger partial charge on any atom is -0.494 e. The van der Waals surface area contributed by atoms with E-state index in [1.54, 1.807) is 24.3 Å². The molecule has 0 fully saturated rings. The van der Waals surface area contributed by atoms with E-state index in [4.69, 9.17) is 26.8 Å². The highest BCUT2D eigenvalue weighted by Gasteiger charge is 2.15. The number of nitrogens with two attached hydrogens (primary N) is 1. The van der Waals surface area contributed by atoms with E-state index in [1.165, 1.54) is 72.8 Å². The summed E-state index contributed by atoms with van der Waals surface area (Å²) in [5.41, 5.74) is 6.73. The van der Waals surface area contributed by atoms with Crippen molar-refractivity contribution in [2.24, 2.45) is 5.73 Å². The van der Waals surface area contributed by atoms with Gasteiger partial charge in [0, 0.05) is 58.1 Å². The maximum Gasteiger partial charge on any atom is 0.387 e. The van der Waals surface area contributed by atoms with E-state index in [1.807, 2.05) is 65.8 Å². The standard InChI is InChI=1S/C29H42N2O4.C23H26F4N2O4.C9H11NO2/c1-28(2,3)34-24-16-12-22(13-17-24)26(32)30-20-10-8-7-9-11-21-31-27(33)23-14-18-25(19-15-23)35-29(4,5)6;24-22(25)32-18-10-6-16(7-11-18)20(30)28-14-4-2-1-3-5-15-29-21(31)17-8-12-19(13-9-17)33-23(26)27;1-2-12-8-5-3-7(4-6-8)9(10)11/h12-19H,7-11,20-21H2,1-6H3,(H,30,32)(H,31,33);6-13,22-23H,1-5,14-15H2,(H,28,30)(H,29,31);3-6H,2H2,1H3,(H2,10,11)/i;;1D3,2D2. The molecule has 6 N–H and O–H groups in total. The Hall–Kier alpha value is -7.83. The molecular weight excluding hydrogens is 1040 g/mol. The van der Waals surface area contributed by atoms with Crippen LogP contribution in [-0.4, -0.2) is 86.7 Å². The Morgan fingerprint density at radius 1 is 0.425 bits per heavy atom. The van der Waals surface area contributed by atoms with Crippen LogP contribution in [0.4, 0.5) is 17.6 Å². The highest BCUT2D eigenvalue weighted by atomic mass is 19.3. The third-order valence-electron chi connectivity index (χ3n) is 10.9. The topological polar surface area (TPSA) is 206 Å². The van der Waals surface area contributed by atoms with Crippen molar-refractivity contribution in [2.75, 3.05) is 32.7 Å². The maximum absolute atomic E-state index is 12.3. The van der Waals surface area contributed by atoms with Crippen molar-refractivity contribution in [1.29, 1.82) is 0 Å². The van der Waals surface area contributed by atoms with E-state index < -0.39 is 32.5 Å². The Morgan fingerprint density at radius 3 is 0.925 bits per heavy atom. The molecule has 5 aromatic rings. The highest BCUT2D eigenvalue weighted by Crippen LogP contribution is 2.21. The Bertz CT molecular complexity index is 2650. The number of hydrogen-bond acceptors (Lipinski definition) is 10. The normalized spacial score (nSPS) is 12.2. The Kier molecular flexibility index (Phi) is 26.0. The summed E-state index contributed by atoms with van der Waals surface area (Å²) in [6.45, 7) is 2.77. The third-order valence-corrected chi connectivity index (χ3v) is 10.9. The highest BCUT2D eigenvalue weighted by molar-refractivity contribution is 5.96. The van der Waals surface area contributed by atoms with Crippen LogP contribution in [0.15, 0.2) is 121 Å². The van der Waals surface area contributed by atoms with Crippen molar-refractivity contribution >= 4 is 29.5 Å². The fourth-order valence-corrected chi connectivity index (χ4v) is 7.15. The molecule has 0 aromatic heterocycles. The van der Waals surface area contributed by atoms with Crippen molar-refractivity contribution in [2.45, 2.75) is 137 Å². The van der Waals surface area contributed by atoms with Crippen LogP contribution in [0.25, 0.3) is 0 Å². The van der Waals surface area contributed by atoms with Crippen molar-refractivity contribution < 1.29 is 72.1 Å². The Morgan fingerprint density at radius 2 is 0.675 bits per heavy atom. The smallest absolute Gasteiger partial charge is 0.387 e. The number of carbonyl (C=O) groups excluding carboxylic acids is 5. The van der Waals surface area contributed by atoms with Gasteiger partial charge in [0.1, 0.15) is 39.9 Å². The minimum atomic E-state index is -2.91. The molecule has 5 amide bonds. The van der Waals surface area contributed by atoms with Gasteiger partial charge in [0.15, 0.2) is 0 Å². The quantitative estimate of drug-likeness (QED) is 0.0226. The largest absolute Gasteiger partial charge is 0.494 e. The van der Waals surface area contributed by atoms with Crippen LogP contribution in [0.1, 0.15) is 171 Å². The van der Waals surface area contributed by atoms with Gasteiger partial charge in [-0.1, -0.05) is 38.5 Å². The summed E-state index contributed by atoms with van der Waals surface area (Å²) in [6, 6.07) is 30.7. The molecule has 0 spiro atoms. The SMILES string of the molecule is CC(C)(C)Oc1ccc(C(=O)NCCCCCCCNC(=O)c2ccc(OC(C)(C)C)cc2)cc1.O=C(NCCCCCCCNC(=O)c1ccc(OC(F)F)cc1)c1ccc(OC(F)F)cc1.[2H]C([2H])([2H])C([2H])([2H])Oc1ccc(C(N)=O)cc1. The summed E-state index contributed by atoms with van der Waals surface area (Å²) in [6.07, 6.45) is 9.36. The summed E-state index contributed by atoms with van der Waals surface area (Å²) in [5.74, 6) is 0.200. The molecule has 5 rings (SSSR count). The molecule has 0 aliphatic carbocycles. The number of carbonyl (C=O) groups is 5. The van der Waals surface area contributed by atoms with Crippen molar-refractivity contribution in [1.82, 2.24) is 21.3 Å². The van der Waals surface area contributed by atoms with Gasteiger partial charge in [-0.15, -0.1) is 0 Å².